The molecule has 3 rings (SSSR count). The van der Waals surface area contributed by atoms with E-state index in [1.807, 2.05) is 37.3 Å². The molecule has 3 N–H and O–H groups in total. The largest absolute Gasteiger partial charge is 0.489 e. The van der Waals surface area contributed by atoms with Gasteiger partial charge in [0.05, 0.1) is 5.56 Å². The summed E-state index contributed by atoms with van der Waals surface area (Å²) in [7, 11) is 0. The van der Waals surface area contributed by atoms with Crippen molar-refractivity contribution >= 4 is 34.9 Å². The number of aryl methyl sites for hydroxylation is 1. The molecule has 152 valence electrons. The zero-order valence-corrected chi connectivity index (χ0v) is 17.0. The summed E-state index contributed by atoms with van der Waals surface area (Å²) >= 11 is 5.19. The molecule has 0 atom stereocenters. The molecule has 0 radical (unpaired) electrons. The first kappa shape index (κ1) is 21.0. The molecule has 3 aromatic rings. The van der Waals surface area contributed by atoms with Gasteiger partial charge >= 0.3 is 5.97 Å². The number of carbonyl (C=O) groups excluding carboxylic acids is 1. The van der Waals surface area contributed by atoms with Crippen molar-refractivity contribution in [2.75, 3.05) is 5.32 Å². The zero-order valence-electron chi connectivity index (χ0n) is 16.2. The highest BCUT2D eigenvalue weighted by molar-refractivity contribution is 7.80. The molecule has 0 spiro atoms. The summed E-state index contributed by atoms with van der Waals surface area (Å²) in [5.74, 6) is -0.769. The molecule has 0 saturated carbocycles. The van der Waals surface area contributed by atoms with Gasteiger partial charge in [0.15, 0.2) is 5.11 Å². The number of carboxylic acid groups (broad SMARTS) is 1. The van der Waals surface area contributed by atoms with E-state index in [1.54, 1.807) is 30.3 Å². The lowest BCUT2D eigenvalue weighted by atomic mass is 10.1. The molecule has 0 saturated heterocycles. The van der Waals surface area contributed by atoms with Crippen LogP contribution in [-0.4, -0.2) is 22.1 Å². The Labute approximate surface area is 179 Å². The van der Waals surface area contributed by atoms with Gasteiger partial charge in [0, 0.05) is 11.3 Å². The molecule has 0 bridgehead atoms. The lowest BCUT2D eigenvalue weighted by molar-refractivity contribution is 0.0696. The average Bonchev–Trinajstić information content (AvgIpc) is 2.74. The monoisotopic (exact) mass is 420 g/mol. The van der Waals surface area contributed by atoms with Gasteiger partial charge in [-0.3, -0.25) is 10.1 Å². The Kier molecular flexibility index (Phi) is 6.77. The van der Waals surface area contributed by atoms with Gasteiger partial charge in [0.1, 0.15) is 12.4 Å². The van der Waals surface area contributed by atoms with Crippen LogP contribution in [0.1, 0.15) is 31.8 Å². The van der Waals surface area contributed by atoms with Gasteiger partial charge in [-0.25, -0.2) is 4.79 Å². The molecule has 0 aromatic heterocycles. The number of hydrogen-bond acceptors (Lipinski definition) is 4. The summed E-state index contributed by atoms with van der Waals surface area (Å²) in [6.45, 7) is 2.25. The number of thiocarbonyl (C=S) groups is 1. The van der Waals surface area contributed by atoms with E-state index in [2.05, 4.69) is 10.6 Å². The summed E-state index contributed by atoms with van der Waals surface area (Å²) in [5.41, 5.74) is 2.92. The second kappa shape index (κ2) is 9.67. The van der Waals surface area contributed by atoms with Crippen molar-refractivity contribution in [1.29, 1.82) is 0 Å². The fourth-order valence-electron chi connectivity index (χ4n) is 2.66. The Morgan fingerprint density at radius 1 is 0.967 bits per heavy atom. The van der Waals surface area contributed by atoms with Crippen molar-refractivity contribution in [3.63, 3.8) is 0 Å². The van der Waals surface area contributed by atoms with Crippen molar-refractivity contribution in [2.24, 2.45) is 0 Å². The SMILES string of the molecule is Cc1ccc(C(=O)O)cc1NC(=S)NC(=O)c1ccc(OCc2ccccc2)cc1. The first-order valence-electron chi connectivity index (χ1n) is 9.15. The molecule has 30 heavy (non-hydrogen) atoms. The number of carboxylic acids is 1. The number of anilines is 1. The van der Waals surface area contributed by atoms with Crippen molar-refractivity contribution in [2.45, 2.75) is 13.5 Å². The van der Waals surface area contributed by atoms with E-state index in [0.29, 0.717) is 23.6 Å². The third kappa shape index (κ3) is 5.65. The molecule has 0 fully saturated rings. The van der Waals surface area contributed by atoms with Crippen LogP contribution in [0.5, 0.6) is 5.75 Å². The number of rotatable bonds is 6. The molecule has 0 heterocycles. The Bertz CT molecular complexity index is 1070. The minimum Gasteiger partial charge on any atom is -0.489 e. The van der Waals surface area contributed by atoms with E-state index < -0.39 is 5.97 Å². The second-order valence-corrected chi connectivity index (χ2v) is 6.95. The summed E-state index contributed by atoms with van der Waals surface area (Å²) in [4.78, 5) is 23.5. The summed E-state index contributed by atoms with van der Waals surface area (Å²) < 4.78 is 5.71. The molecular weight excluding hydrogens is 400 g/mol. The standard InChI is InChI=1S/C23H20N2O4S/c1-15-7-8-18(22(27)28)13-20(15)24-23(30)25-21(26)17-9-11-19(12-10-17)29-14-16-5-3-2-4-6-16/h2-13H,14H2,1H3,(H,27,28)(H2,24,25,26,30). The Balaban J connectivity index is 1.57. The van der Waals surface area contributed by atoms with E-state index in [0.717, 1.165) is 11.1 Å². The number of ether oxygens (including phenoxy) is 1. The molecular formula is C23H20N2O4S. The minimum atomic E-state index is -1.04. The second-order valence-electron chi connectivity index (χ2n) is 6.54. The van der Waals surface area contributed by atoms with Crippen LogP contribution in [0.25, 0.3) is 0 Å². The first-order chi connectivity index (χ1) is 14.4. The van der Waals surface area contributed by atoms with Crippen molar-refractivity contribution in [3.05, 3.63) is 95.1 Å². The number of hydrogen-bond donors (Lipinski definition) is 3. The minimum absolute atomic E-state index is 0.0787. The van der Waals surface area contributed by atoms with Crippen LogP contribution in [0.2, 0.25) is 0 Å². The zero-order chi connectivity index (χ0) is 21.5. The lowest BCUT2D eigenvalue weighted by Gasteiger charge is -2.13. The average molecular weight is 420 g/mol. The van der Waals surface area contributed by atoms with Gasteiger partial charge < -0.3 is 15.2 Å². The fraction of sp³-hybridized carbons (Fsp3) is 0.0870. The highest BCUT2D eigenvalue weighted by atomic mass is 32.1. The fourth-order valence-corrected chi connectivity index (χ4v) is 2.86. The highest BCUT2D eigenvalue weighted by Gasteiger charge is 2.11. The van der Waals surface area contributed by atoms with Gasteiger partial charge in [0.2, 0.25) is 0 Å². The van der Waals surface area contributed by atoms with Crippen LogP contribution in [0.4, 0.5) is 5.69 Å². The summed E-state index contributed by atoms with van der Waals surface area (Å²) in [5, 5.41) is 14.7. The molecule has 6 nitrogen and oxygen atoms in total. The van der Waals surface area contributed by atoms with Gasteiger partial charge in [-0.1, -0.05) is 36.4 Å². The van der Waals surface area contributed by atoms with Crippen LogP contribution in [0, 0.1) is 6.92 Å². The molecule has 0 aliphatic rings. The normalized spacial score (nSPS) is 10.2. The van der Waals surface area contributed by atoms with Gasteiger partial charge in [-0.2, -0.15) is 0 Å². The van der Waals surface area contributed by atoms with E-state index in [1.165, 1.54) is 12.1 Å². The number of carbonyl (C=O) groups is 2. The molecule has 0 unspecified atom stereocenters. The Hall–Kier alpha value is -3.71. The van der Waals surface area contributed by atoms with E-state index in [4.69, 9.17) is 22.1 Å². The van der Waals surface area contributed by atoms with Crippen LogP contribution < -0.4 is 15.4 Å². The highest BCUT2D eigenvalue weighted by Crippen LogP contribution is 2.17. The Morgan fingerprint density at radius 3 is 2.30 bits per heavy atom. The van der Waals surface area contributed by atoms with Gasteiger partial charge in [0.25, 0.3) is 5.91 Å². The number of nitrogens with one attached hydrogen (secondary N) is 2. The molecule has 0 aliphatic heterocycles. The van der Waals surface area contributed by atoms with Gasteiger partial charge in [-0.05, 0) is 66.7 Å². The molecule has 0 aliphatic carbocycles. The summed E-state index contributed by atoms with van der Waals surface area (Å²) in [6, 6.07) is 21.2. The number of aromatic carboxylic acids is 1. The Morgan fingerprint density at radius 2 is 1.63 bits per heavy atom. The van der Waals surface area contributed by atoms with Crippen molar-refractivity contribution in [1.82, 2.24) is 5.32 Å². The first-order valence-corrected chi connectivity index (χ1v) is 9.56. The number of benzene rings is 3. The maximum Gasteiger partial charge on any atom is 0.335 e. The van der Waals surface area contributed by atoms with Crippen LogP contribution >= 0.6 is 12.2 Å². The maximum absolute atomic E-state index is 12.4. The van der Waals surface area contributed by atoms with Crippen LogP contribution in [0.15, 0.2) is 72.8 Å². The smallest absolute Gasteiger partial charge is 0.335 e. The molecule has 3 aromatic carbocycles. The predicted octanol–water partition coefficient (Wildman–Crippen LogP) is 4.40. The van der Waals surface area contributed by atoms with E-state index in [-0.39, 0.29) is 16.6 Å². The maximum atomic E-state index is 12.4. The third-order valence-electron chi connectivity index (χ3n) is 4.32. The van der Waals surface area contributed by atoms with Crippen molar-refractivity contribution in [3.8, 4) is 5.75 Å². The van der Waals surface area contributed by atoms with E-state index in [9.17, 15) is 9.59 Å². The van der Waals surface area contributed by atoms with Gasteiger partial charge in [-0.15, -0.1) is 0 Å². The molecule has 7 heteroatoms. The summed E-state index contributed by atoms with van der Waals surface area (Å²) in [6.07, 6.45) is 0. The quantitative estimate of drug-likeness (QED) is 0.513. The number of amides is 1. The van der Waals surface area contributed by atoms with Crippen molar-refractivity contribution < 1.29 is 19.4 Å². The van der Waals surface area contributed by atoms with Crippen LogP contribution in [0.3, 0.4) is 0 Å². The van der Waals surface area contributed by atoms with Crippen LogP contribution in [-0.2, 0) is 6.61 Å². The third-order valence-corrected chi connectivity index (χ3v) is 4.53. The topological polar surface area (TPSA) is 87.7 Å². The predicted molar refractivity (Wildman–Crippen MR) is 119 cm³/mol. The molecule has 1 amide bonds. The van der Waals surface area contributed by atoms with E-state index >= 15 is 0 Å². The lowest BCUT2D eigenvalue weighted by Crippen LogP contribution is -2.34.